The van der Waals surface area contributed by atoms with Crippen LogP contribution in [-0.2, 0) is 0 Å². The molecule has 2 aromatic heterocycles. The number of imidazole rings is 1. The van der Waals surface area contributed by atoms with E-state index in [1.165, 1.54) is 0 Å². The lowest BCUT2D eigenvalue weighted by atomic mass is 10.2. The third-order valence-electron chi connectivity index (χ3n) is 2.63. The average Bonchev–Trinajstić information content (AvgIpc) is 2.79. The largest absolute Gasteiger partial charge is 0.384 e. The van der Waals surface area contributed by atoms with Crippen molar-refractivity contribution in [2.45, 2.75) is 13.0 Å². The number of hydrogen-bond donors (Lipinski definition) is 1. The molecular formula is C12H16N4S. The molecule has 0 aliphatic heterocycles. The number of hydrogen-bond acceptors (Lipinski definition) is 4. The van der Waals surface area contributed by atoms with Crippen molar-refractivity contribution < 1.29 is 0 Å². The van der Waals surface area contributed by atoms with Crippen molar-refractivity contribution in [3.63, 3.8) is 0 Å². The molecule has 0 saturated heterocycles. The Morgan fingerprint density at radius 3 is 2.88 bits per heavy atom. The molecule has 2 N–H and O–H groups in total. The van der Waals surface area contributed by atoms with Crippen LogP contribution in [0.2, 0.25) is 0 Å². The molecule has 17 heavy (non-hydrogen) atoms. The van der Waals surface area contributed by atoms with E-state index in [9.17, 15) is 0 Å². The first-order chi connectivity index (χ1) is 8.22. The van der Waals surface area contributed by atoms with Crippen molar-refractivity contribution >= 4 is 17.6 Å². The molecular weight excluding hydrogens is 232 g/mol. The Morgan fingerprint density at radius 1 is 1.41 bits per heavy atom. The van der Waals surface area contributed by atoms with Gasteiger partial charge in [0.05, 0.1) is 18.2 Å². The number of aromatic nitrogens is 3. The van der Waals surface area contributed by atoms with E-state index in [1.54, 1.807) is 6.20 Å². The van der Waals surface area contributed by atoms with E-state index in [-0.39, 0.29) is 0 Å². The van der Waals surface area contributed by atoms with Crippen molar-refractivity contribution in [2.75, 3.05) is 17.7 Å². The van der Waals surface area contributed by atoms with E-state index >= 15 is 0 Å². The molecule has 2 aromatic rings. The number of thioether (sulfide) groups is 1. The zero-order chi connectivity index (χ0) is 12.3. The van der Waals surface area contributed by atoms with Gasteiger partial charge in [0.25, 0.3) is 0 Å². The van der Waals surface area contributed by atoms with Crippen LogP contribution in [0.25, 0.3) is 11.3 Å². The molecule has 90 valence electrons. The highest BCUT2D eigenvalue weighted by Crippen LogP contribution is 2.23. The molecule has 5 heteroatoms. The van der Waals surface area contributed by atoms with Crippen molar-refractivity contribution in [2.24, 2.45) is 0 Å². The summed E-state index contributed by atoms with van der Waals surface area (Å²) in [5.41, 5.74) is 7.72. The topological polar surface area (TPSA) is 56.7 Å². The molecule has 0 aliphatic rings. The van der Waals surface area contributed by atoms with Gasteiger partial charge in [-0.2, -0.15) is 11.8 Å². The summed E-state index contributed by atoms with van der Waals surface area (Å²) in [7, 11) is 0. The van der Waals surface area contributed by atoms with Gasteiger partial charge in [-0.05, 0) is 25.3 Å². The lowest BCUT2D eigenvalue weighted by Gasteiger charge is -2.15. The third kappa shape index (κ3) is 2.61. The van der Waals surface area contributed by atoms with Crippen LogP contribution in [0.15, 0.2) is 30.9 Å². The van der Waals surface area contributed by atoms with Gasteiger partial charge in [-0.3, -0.25) is 0 Å². The number of rotatable bonds is 4. The Balaban J connectivity index is 2.33. The standard InChI is InChI=1S/C12H16N4S/c1-9(7-17-2)16-8-14-6-11(16)10-3-4-12(13)15-5-10/h3-6,8-9H,7H2,1-2H3,(H2,13,15). The first kappa shape index (κ1) is 12.0. The first-order valence-electron chi connectivity index (χ1n) is 5.45. The zero-order valence-electron chi connectivity index (χ0n) is 10.00. The molecule has 0 fully saturated rings. The summed E-state index contributed by atoms with van der Waals surface area (Å²) in [5.74, 6) is 1.60. The normalized spacial score (nSPS) is 12.6. The lowest BCUT2D eigenvalue weighted by Crippen LogP contribution is -2.07. The summed E-state index contributed by atoms with van der Waals surface area (Å²) in [4.78, 5) is 8.33. The Morgan fingerprint density at radius 2 is 2.24 bits per heavy atom. The van der Waals surface area contributed by atoms with Gasteiger partial charge >= 0.3 is 0 Å². The molecule has 0 amide bonds. The van der Waals surface area contributed by atoms with E-state index in [4.69, 9.17) is 5.73 Å². The minimum absolute atomic E-state index is 0.417. The Bertz CT molecular complexity index is 478. The van der Waals surface area contributed by atoms with Crippen LogP contribution in [-0.4, -0.2) is 26.5 Å². The van der Waals surface area contributed by atoms with Crippen LogP contribution >= 0.6 is 11.8 Å². The predicted octanol–water partition coefficient (Wildman–Crippen LogP) is 2.45. The predicted molar refractivity (Wildman–Crippen MR) is 73.0 cm³/mol. The molecule has 2 rings (SSSR count). The summed E-state index contributed by atoms with van der Waals surface area (Å²) in [6.45, 7) is 2.19. The molecule has 0 radical (unpaired) electrons. The highest BCUT2D eigenvalue weighted by atomic mass is 32.2. The van der Waals surface area contributed by atoms with Crippen molar-refractivity contribution in [1.82, 2.24) is 14.5 Å². The number of nitrogens with two attached hydrogens (primary N) is 1. The molecule has 1 unspecified atom stereocenters. The van der Waals surface area contributed by atoms with E-state index in [2.05, 4.69) is 27.7 Å². The van der Waals surface area contributed by atoms with Crippen LogP contribution in [0.4, 0.5) is 5.82 Å². The average molecular weight is 248 g/mol. The van der Waals surface area contributed by atoms with Gasteiger partial charge < -0.3 is 10.3 Å². The van der Waals surface area contributed by atoms with Crippen LogP contribution in [0.1, 0.15) is 13.0 Å². The van der Waals surface area contributed by atoms with Crippen LogP contribution in [0, 0.1) is 0 Å². The van der Waals surface area contributed by atoms with Crippen LogP contribution < -0.4 is 5.73 Å². The Labute approximate surface area is 105 Å². The monoisotopic (exact) mass is 248 g/mol. The zero-order valence-corrected chi connectivity index (χ0v) is 10.8. The van der Waals surface area contributed by atoms with Gasteiger partial charge in [0, 0.05) is 23.6 Å². The highest BCUT2D eigenvalue weighted by molar-refractivity contribution is 7.98. The van der Waals surface area contributed by atoms with Gasteiger partial charge in [-0.25, -0.2) is 9.97 Å². The second-order valence-corrected chi connectivity index (χ2v) is 4.87. The van der Waals surface area contributed by atoms with Gasteiger partial charge in [-0.1, -0.05) is 0 Å². The fourth-order valence-electron chi connectivity index (χ4n) is 1.76. The summed E-state index contributed by atoms with van der Waals surface area (Å²) in [6, 6.07) is 4.20. The van der Waals surface area contributed by atoms with E-state index in [0.717, 1.165) is 17.0 Å². The van der Waals surface area contributed by atoms with E-state index < -0.39 is 0 Å². The lowest BCUT2D eigenvalue weighted by molar-refractivity contribution is 0.615. The smallest absolute Gasteiger partial charge is 0.123 e. The Kier molecular flexibility index (Phi) is 3.68. The van der Waals surface area contributed by atoms with E-state index in [1.807, 2.05) is 36.4 Å². The molecule has 2 heterocycles. The maximum Gasteiger partial charge on any atom is 0.123 e. The van der Waals surface area contributed by atoms with Gasteiger partial charge in [0.2, 0.25) is 0 Å². The second kappa shape index (κ2) is 5.23. The summed E-state index contributed by atoms with van der Waals surface area (Å²) >= 11 is 1.83. The summed E-state index contributed by atoms with van der Waals surface area (Å²) in [6.07, 6.45) is 7.63. The number of nitrogen functional groups attached to an aromatic ring is 1. The number of pyridine rings is 1. The Hall–Kier alpha value is -1.49. The van der Waals surface area contributed by atoms with Crippen molar-refractivity contribution in [3.05, 3.63) is 30.9 Å². The second-order valence-electron chi connectivity index (χ2n) is 3.96. The SMILES string of the molecule is CSCC(C)n1cncc1-c1ccc(N)nc1. The van der Waals surface area contributed by atoms with Crippen molar-refractivity contribution in [1.29, 1.82) is 0 Å². The fraction of sp³-hybridized carbons (Fsp3) is 0.333. The number of nitrogens with zero attached hydrogens (tertiary/aromatic N) is 3. The minimum atomic E-state index is 0.417. The molecule has 0 bridgehead atoms. The molecule has 4 nitrogen and oxygen atoms in total. The molecule has 0 aromatic carbocycles. The maximum absolute atomic E-state index is 5.59. The third-order valence-corrected chi connectivity index (χ3v) is 3.45. The van der Waals surface area contributed by atoms with Crippen molar-refractivity contribution in [3.8, 4) is 11.3 Å². The quantitative estimate of drug-likeness (QED) is 0.903. The molecule has 1 atom stereocenters. The fourth-order valence-corrected chi connectivity index (χ4v) is 2.40. The summed E-state index contributed by atoms with van der Waals surface area (Å²) < 4.78 is 2.17. The number of anilines is 1. The molecule has 0 saturated carbocycles. The van der Waals surface area contributed by atoms with Gasteiger partial charge in [0.1, 0.15) is 5.82 Å². The molecule has 0 spiro atoms. The van der Waals surface area contributed by atoms with Gasteiger partial charge in [0.15, 0.2) is 0 Å². The first-order valence-corrected chi connectivity index (χ1v) is 6.84. The van der Waals surface area contributed by atoms with Crippen LogP contribution in [0.3, 0.4) is 0 Å². The maximum atomic E-state index is 5.59. The summed E-state index contributed by atoms with van der Waals surface area (Å²) in [5, 5.41) is 0. The van der Waals surface area contributed by atoms with E-state index in [0.29, 0.717) is 11.9 Å². The molecule has 0 aliphatic carbocycles. The highest BCUT2D eigenvalue weighted by Gasteiger charge is 2.10. The minimum Gasteiger partial charge on any atom is -0.384 e. The van der Waals surface area contributed by atoms with Gasteiger partial charge in [-0.15, -0.1) is 0 Å². The van der Waals surface area contributed by atoms with Crippen LogP contribution in [0.5, 0.6) is 0 Å².